The van der Waals surface area contributed by atoms with E-state index < -0.39 is 23.8 Å². The van der Waals surface area contributed by atoms with E-state index in [2.05, 4.69) is 78.1 Å². The van der Waals surface area contributed by atoms with Gasteiger partial charge in [0.25, 0.3) is 11.8 Å². The lowest BCUT2D eigenvalue weighted by Gasteiger charge is -2.38. The number of fused-ring (bicyclic) bond motifs is 2. The van der Waals surface area contributed by atoms with Crippen LogP contribution in [0.15, 0.2) is 67.0 Å². The number of anilines is 3. The van der Waals surface area contributed by atoms with Crippen LogP contribution in [0.1, 0.15) is 52.8 Å². The molecule has 12 nitrogen and oxygen atoms in total. The van der Waals surface area contributed by atoms with E-state index in [0.29, 0.717) is 11.1 Å². The van der Waals surface area contributed by atoms with Crippen molar-refractivity contribution in [3.63, 3.8) is 0 Å². The number of carbonyl (C=O) groups is 4. The van der Waals surface area contributed by atoms with Crippen molar-refractivity contribution in [3.05, 3.63) is 78.1 Å². The zero-order valence-corrected chi connectivity index (χ0v) is 29.3. The molecule has 3 saturated heterocycles. The predicted octanol–water partition coefficient (Wildman–Crippen LogP) is 3.90. The molecule has 6 heterocycles. The Morgan fingerprint density at radius 2 is 1.49 bits per heavy atom. The normalized spacial score (nSPS) is 20.4. The fourth-order valence-electron chi connectivity index (χ4n) is 7.96. The minimum atomic E-state index is -0.951. The molecule has 264 valence electrons. The van der Waals surface area contributed by atoms with Gasteiger partial charge in [-0.15, -0.1) is 0 Å². The van der Waals surface area contributed by atoms with Gasteiger partial charge >= 0.3 is 0 Å². The number of carbonyl (C=O) groups excluding carboxylic acids is 4. The summed E-state index contributed by atoms with van der Waals surface area (Å²) in [5.74, 6) is -1.18. The third kappa shape index (κ3) is 6.44. The van der Waals surface area contributed by atoms with Crippen LogP contribution in [0, 0.1) is 5.92 Å². The van der Waals surface area contributed by atoms with E-state index in [0.717, 1.165) is 84.9 Å². The molecule has 0 saturated carbocycles. The molecule has 12 heteroatoms. The summed E-state index contributed by atoms with van der Waals surface area (Å²) >= 11 is 0. The number of pyridine rings is 1. The summed E-state index contributed by atoms with van der Waals surface area (Å²) in [5, 5.41) is 2.25. The van der Waals surface area contributed by atoms with E-state index in [1.54, 1.807) is 12.1 Å². The first-order valence-electron chi connectivity index (χ1n) is 18.1. The van der Waals surface area contributed by atoms with Crippen molar-refractivity contribution in [1.82, 2.24) is 24.5 Å². The Morgan fingerprint density at radius 1 is 0.784 bits per heavy atom. The molecule has 8 rings (SSSR count). The summed E-state index contributed by atoms with van der Waals surface area (Å²) in [6.45, 7) is 6.80. The van der Waals surface area contributed by atoms with Gasteiger partial charge in [0.15, 0.2) is 0 Å². The van der Waals surface area contributed by atoms with Crippen molar-refractivity contribution in [2.45, 2.75) is 38.1 Å². The lowest BCUT2D eigenvalue weighted by molar-refractivity contribution is -0.136. The van der Waals surface area contributed by atoms with Gasteiger partial charge in [-0.3, -0.25) is 34.3 Å². The number of piperazine rings is 1. The van der Waals surface area contributed by atoms with Gasteiger partial charge < -0.3 is 19.1 Å². The van der Waals surface area contributed by atoms with E-state index in [9.17, 15) is 19.2 Å². The molecular formula is C39H44N8O4. The number of nitrogens with zero attached hydrogens (tertiary/aromatic N) is 7. The van der Waals surface area contributed by atoms with Crippen LogP contribution in [0.5, 0.6) is 0 Å². The Morgan fingerprint density at radius 3 is 2.22 bits per heavy atom. The quantitative estimate of drug-likeness (QED) is 0.276. The number of imidazole rings is 1. The van der Waals surface area contributed by atoms with Crippen molar-refractivity contribution in [3.8, 4) is 11.3 Å². The predicted molar refractivity (Wildman–Crippen MR) is 196 cm³/mol. The second kappa shape index (κ2) is 13.5. The van der Waals surface area contributed by atoms with E-state index in [4.69, 9.17) is 4.98 Å². The van der Waals surface area contributed by atoms with Gasteiger partial charge in [-0.25, -0.2) is 4.98 Å². The molecule has 1 N–H and O–H groups in total. The Labute approximate surface area is 297 Å². The molecule has 4 aliphatic heterocycles. The van der Waals surface area contributed by atoms with Crippen LogP contribution in [-0.2, 0) is 9.59 Å². The number of benzene rings is 2. The van der Waals surface area contributed by atoms with Crippen molar-refractivity contribution < 1.29 is 19.2 Å². The average Bonchev–Trinajstić information content (AvgIpc) is 3.69. The monoisotopic (exact) mass is 688 g/mol. The topological polar surface area (TPSA) is 114 Å². The highest BCUT2D eigenvalue weighted by Gasteiger charge is 2.44. The van der Waals surface area contributed by atoms with E-state index in [1.807, 2.05) is 20.2 Å². The smallest absolute Gasteiger partial charge is 0.262 e. The summed E-state index contributed by atoms with van der Waals surface area (Å²) in [5.41, 5.74) is 7.02. The van der Waals surface area contributed by atoms with Gasteiger partial charge in [-0.05, 0) is 74.5 Å². The van der Waals surface area contributed by atoms with Crippen molar-refractivity contribution in [2.75, 3.05) is 74.6 Å². The lowest BCUT2D eigenvalue weighted by Crippen LogP contribution is -2.54. The molecular weight excluding hydrogens is 644 g/mol. The molecule has 4 amide bonds. The SMILES string of the molecule is CN(C)c1ccn2cc(-c3ccc(N4CCC(CCN5CCN(c6ccc7c(c6)C(=O)N(C6CCC(=O)NC6=O)C7=O)CC5)CC4)cc3)nc2c1. The number of hydrogen-bond acceptors (Lipinski definition) is 9. The van der Waals surface area contributed by atoms with Crippen LogP contribution in [-0.4, -0.2) is 109 Å². The number of nitrogens with one attached hydrogen (secondary N) is 1. The summed E-state index contributed by atoms with van der Waals surface area (Å²) in [7, 11) is 4.08. The van der Waals surface area contributed by atoms with Gasteiger partial charge in [0, 0.05) is 101 Å². The summed E-state index contributed by atoms with van der Waals surface area (Å²) < 4.78 is 2.07. The summed E-state index contributed by atoms with van der Waals surface area (Å²) in [6, 6.07) is 17.5. The fraction of sp³-hybridized carbons (Fsp3) is 0.410. The Kier molecular flexibility index (Phi) is 8.71. The van der Waals surface area contributed by atoms with Gasteiger partial charge in [0.1, 0.15) is 11.7 Å². The first-order chi connectivity index (χ1) is 24.7. The van der Waals surface area contributed by atoms with Crippen LogP contribution >= 0.6 is 0 Å². The first kappa shape index (κ1) is 32.9. The lowest BCUT2D eigenvalue weighted by atomic mass is 9.93. The van der Waals surface area contributed by atoms with Crippen molar-refractivity contribution in [1.29, 1.82) is 0 Å². The number of piperidine rings is 2. The number of rotatable bonds is 8. The largest absolute Gasteiger partial charge is 0.378 e. The second-order valence-corrected chi connectivity index (χ2v) is 14.4. The molecule has 2 aromatic heterocycles. The zero-order chi connectivity index (χ0) is 35.2. The van der Waals surface area contributed by atoms with Crippen LogP contribution in [0.3, 0.4) is 0 Å². The third-order valence-electron chi connectivity index (χ3n) is 11.1. The van der Waals surface area contributed by atoms with E-state index in [-0.39, 0.29) is 18.7 Å². The van der Waals surface area contributed by atoms with Crippen LogP contribution < -0.4 is 20.0 Å². The highest BCUT2D eigenvalue weighted by molar-refractivity contribution is 6.23. The minimum absolute atomic E-state index is 0.109. The molecule has 0 aliphatic carbocycles. The standard InChI is InChI=1S/C39H44N8O4/c1-42(2)29-14-18-46-25-33(40-35(46)24-29)27-3-5-28(6-4-27)44-16-12-26(13-17-44)11-15-43-19-21-45(22-20-43)30-7-8-31-32(23-30)39(51)47(38(31)50)34-9-10-36(48)41-37(34)49/h3-8,14,18,23-26,34H,9-13,15-17,19-22H2,1-2H3,(H,41,48,49). The number of hydrogen-bond donors (Lipinski definition) is 1. The molecule has 51 heavy (non-hydrogen) atoms. The Hall–Kier alpha value is -5.23. The van der Waals surface area contributed by atoms with Crippen LogP contribution in [0.2, 0.25) is 0 Å². The van der Waals surface area contributed by atoms with Gasteiger partial charge in [-0.2, -0.15) is 0 Å². The van der Waals surface area contributed by atoms with E-state index in [1.165, 1.54) is 24.9 Å². The first-order valence-corrected chi connectivity index (χ1v) is 18.1. The van der Waals surface area contributed by atoms with Crippen molar-refractivity contribution in [2.24, 2.45) is 5.92 Å². The zero-order valence-electron chi connectivity index (χ0n) is 29.3. The minimum Gasteiger partial charge on any atom is -0.378 e. The fourth-order valence-corrected chi connectivity index (χ4v) is 7.96. The molecule has 0 spiro atoms. The molecule has 2 aromatic carbocycles. The molecule has 1 unspecified atom stereocenters. The average molecular weight is 689 g/mol. The van der Waals surface area contributed by atoms with Gasteiger partial charge in [0.05, 0.1) is 16.8 Å². The number of aromatic nitrogens is 2. The molecule has 4 aliphatic rings. The molecule has 1 atom stereocenters. The maximum atomic E-state index is 13.3. The van der Waals surface area contributed by atoms with Crippen LogP contribution in [0.25, 0.3) is 16.9 Å². The second-order valence-electron chi connectivity index (χ2n) is 14.4. The number of imide groups is 2. The Balaban J connectivity index is 0.797. The molecule has 0 radical (unpaired) electrons. The highest BCUT2D eigenvalue weighted by atomic mass is 16.2. The number of amides is 4. The van der Waals surface area contributed by atoms with E-state index >= 15 is 0 Å². The molecule has 0 bridgehead atoms. The van der Waals surface area contributed by atoms with Crippen LogP contribution in [0.4, 0.5) is 17.1 Å². The third-order valence-corrected chi connectivity index (χ3v) is 11.1. The summed E-state index contributed by atoms with van der Waals surface area (Å²) in [6.07, 6.45) is 8.00. The highest BCUT2D eigenvalue weighted by Crippen LogP contribution is 2.32. The summed E-state index contributed by atoms with van der Waals surface area (Å²) in [4.78, 5) is 65.6. The maximum absolute atomic E-state index is 13.3. The van der Waals surface area contributed by atoms with Gasteiger partial charge in [0.2, 0.25) is 11.8 Å². The molecule has 4 aromatic rings. The van der Waals surface area contributed by atoms with Gasteiger partial charge in [-0.1, -0.05) is 12.1 Å². The van der Waals surface area contributed by atoms with Crippen molar-refractivity contribution >= 4 is 46.3 Å². The molecule has 3 fully saturated rings. The maximum Gasteiger partial charge on any atom is 0.262 e. The Bertz CT molecular complexity index is 1990.